The number of hydrogen-bond acceptors (Lipinski definition) is 3. The molecule has 1 fully saturated rings. The minimum absolute atomic E-state index is 0. The van der Waals surface area contributed by atoms with Gasteiger partial charge in [-0.25, -0.2) is 8.42 Å². The molecule has 0 aromatic rings. The molecule has 1 heterocycles. The Bertz CT molecular complexity index is 362. The highest BCUT2D eigenvalue weighted by atomic mass is 127. The Hall–Kier alpha value is -0.0500. The van der Waals surface area contributed by atoms with Crippen molar-refractivity contribution in [3.05, 3.63) is 0 Å². The molecular weight excluding hydrogens is 365 g/mol. The van der Waals surface area contributed by atoms with Crippen LogP contribution in [0, 0.1) is 5.92 Å². The van der Waals surface area contributed by atoms with E-state index >= 15 is 0 Å². The van der Waals surface area contributed by atoms with Gasteiger partial charge < -0.3 is 10.6 Å². The molecule has 0 radical (unpaired) electrons. The molecule has 1 rings (SSSR count). The lowest BCUT2D eigenvalue weighted by molar-refractivity contribution is 0.277. The van der Waals surface area contributed by atoms with Crippen LogP contribution in [0.1, 0.15) is 26.2 Å². The number of nitrogens with two attached hydrogens (primary N) is 1. The summed E-state index contributed by atoms with van der Waals surface area (Å²) in [6.07, 6.45) is 4.09. The molecule has 0 aromatic heterocycles. The van der Waals surface area contributed by atoms with Gasteiger partial charge in [-0.2, -0.15) is 0 Å². The van der Waals surface area contributed by atoms with E-state index in [9.17, 15) is 8.42 Å². The molecule has 0 saturated carbocycles. The van der Waals surface area contributed by atoms with E-state index in [1.54, 1.807) is 0 Å². The number of guanidine groups is 1. The van der Waals surface area contributed by atoms with Crippen molar-refractivity contribution in [2.45, 2.75) is 26.2 Å². The number of sulfone groups is 1. The van der Waals surface area contributed by atoms with Gasteiger partial charge in [0.05, 0.1) is 5.75 Å². The first kappa shape index (κ1) is 17.9. The van der Waals surface area contributed by atoms with Crippen LogP contribution in [0.2, 0.25) is 0 Å². The van der Waals surface area contributed by atoms with Crippen molar-refractivity contribution >= 4 is 39.8 Å². The number of aliphatic imine (C=N–C) groups is 1. The summed E-state index contributed by atoms with van der Waals surface area (Å²) >= 11 is 0. The highest BCUT2D eigenvalue weighted by Crippen LogP contribution is 2.15. The fourth-order valence-corrected chi connectivity index (χ4v) is 2.51. The van der Waals surface area contributed by atoms with Crippen LogP contribution in [-0.2, 0) is 9.84 Å². The van der Waals surface area contributed by atoms with Gasteiger partial charge in [0.1, 0.15) is 9.84 Å². The summed E-state index contributed by atoms with van der Waals surface area (Å²) in [4.78, 5) is 6.32. The zero-order valence-electron chi connectivity index (χ0n) is 11.1. The summed E-state index contributed by atoms with van der Waals surface area (Å²) in [5, 5.41) is 0. The first-order chi connectivity index (χ1) is 7.88. The minimum Gasteiger partial charge on any atom is -0.370 e. The Labute approximate surface area is 127 Å². The average molecular weight is 389 g/mol. The first-order valence-corrected chi connectivity index (χ1v) is 8.17. The largest absolute Gasteiger partial charge is 0.370 e. The molecular formula is C11H24IN3O2S. The normalized spacial score (nSPS) is 18.6. The first-order valence-electron chi connectivity index (χ1n) is 6.11. The second kappa shape index (κ2) is 8.19. The maximum atomic E-state index is 10.9. The van der Waals surface area contributed by atoms with Gasteiger partial charge in [0.2, 0.25) is 0 Å². The van der Waals surface area contributed by atoms with Crippen molar-refractivity contribution in [1.29, 1.82) is 0 Å². The van der Waals surface area contributed by atoms with Crippen molar-refractivity contribution in [2.75, 3.05) is 31.6 Å². The van der Waals surface area contributed by atoms with Gasteiger partial charge in [-0.1, -0.05) is 6.92 Å². The van der Waals surface area contributed by atoms with E-state index in [4.69, 9.17) is 5.73 Å². The van der Waals surface area contributed by atoms with Crippen LogP contribution in [0.25, 0.3) is 0 Å². The molecule has 1 saturated heterocycles. The summed E-state index contributed by atoms with van der Waals surface area (Å²) in [6, 6.07) is 0. The molecule has 0 aromatic carbocycles. The number of halogens is 1. The van der Waals surface area contributed by atoms with Crippen molar-refractivity contribution in [2.24, 2.45) is 16.6 Å². The van der Waals surface area contributed by atoms with Crippen LogP contribution in [0.4, 0.5) is 0 Å². The van der Waals surface area contributed by atoms with E-state index in [1.165, 1.54) is 6.26 Å². The van der Waals surface area contributed by atoms with Crippen LogP contribution < -0.4 is 5.73 Å². The van der Waals surface area contributed by atoms with Crippen molar-refractivity contribution in [1.82, 2.24) is 4.90 Å². The fourth-order valence-electron chi connectivity index (χ4n) is 1.86. The third-order valence-corrected chi connectivity index (χ3v) is 4.08. The van der Waals surface area contributed by atoms with Crippen LogP contribution in [0.3, 0.4) is 0 Å². The Kier molecular flexibility index (Phi) is 8.16. The van der Waals surface area contributed by atoms with Crippen LogP contribution in [0.5, 0.6) is 0 Å². The lowest BCUT2D eigenvalue weighted by atomic mass is 10.00. The van der Waals surface area contributed by atoms with Gasteiger partial charge >= 0.3 is 0 Å². The van der Waals surface area contributed by atoms with E-state index in [1.807, 2.05) is 0 Å². The quantitative estimate of drug-likeness (QED) is 0.338. The standard InChI is InChI=1S/C11H23N3O2S.HI/c1-10-4-7-14(8-5-10)11(12)13-6-3-9-17(2,15)16;/h10H,3-9H2,1-2H3,(H2,12,13);1H. The fraction of sp³-hybridized carbons (Fsp3) is 0.909. The smallest absolute Gasteiger partial charge is 0.191 e. The van der Waals surface area contributed by atoms with Crippen LogP contribution >= 0.6 is 24.0 Å². The molecule has 108 valence electrons. The van der Waals surface area contributed by atoms with Crippen molar-refractivity contribution < 1.29 is 8.42 Å². The summed E-state index contributed by atoms with van der Waals surface area (Å²) in [5.41, 5.74) is 5.87. The zero-order valence-corrected chi connectivity index (χ0v) is 14.3. The zero-order chi connectivity index (χ0) is 12.9. The van der Waals surface area contributed by atoms with Gasteiger partial charge in [-0.05, 0) is 25.2 Å². The predicted octanol–water partition coefficient (Wildman–Crippen LogP) is 1.09. The lowest BCUT2D eigenvalue weighted by Crippen LogP contribution is -2.42. The maximum Gasteiger partial charge on any atom is 0.191 e. The number of rotatable bonds is 4. The number of hydrogen-bond donors (Lipinski definition) is 1. The summed E-state index contributed by atoms with van der Waals surface area (Å²) in [6.45, 7) is 4.66. The second-order valence-electron chi connectivity index (χ2n) is 4.89. The van der Waals surface area contributed by atoms with Gasteiger partial charge in [-0.15, -0.1) is 24.0 Å². The molecule has 0 aliphatic carbocycles. The number of nitrogens with zero attached hydrogens (tertiary/aromatic N) is 2. The highest BCUT2D eigenvalue weighted by Gasteiger charge is 2.16. The second-order valence-corrected chi connectivity index (χ2v) is 7.15. The van der Waals surface area contributed by atoms with Gasteiger partial charge in [0.25, 0.3) is 0 Å². The summed E-state index contributed by atoms with van der Waals surface area (Å²) in [5.74, 6) is 1.51. The number of likely N-dealkylation sites (tertiary alicyclic amines) is 1. The van der Waals surface area contributed by atoms with Gasteiger partial charge in [0, 0.05) is 25.9 Å². The molecule has 7 heteroatoms. The predicted molar refractivity (Wildman–Crippen MR) is 86.2 cm³/mol. The van der Waals surface area contributed by atoms with Gasteiger partial charge in [0.15, 0.2) is 5.96 Å². The van der Waals surface area contributed by atoms with E-state index in [0.29, 0.717) is 18.9 Å². The summed E-state index contributed by atoms with van der Waals surface area (Å²) in [7, 11) is -2.88. The molecule has 2 N–H and O–H groups in total. The molecule has 0 amide bonds. The Morgan fingerprint density at radius 2 is 1.94 bits per heavy atom. The monoisotopic (exact) mass is 389 g/mol. The van der Waals surface area contributed by atoms with E-state index in [-0.39, 0.29) is 29.7 Å². The van der Waals surface area contributed by atoms with Crippen LogP contribution in [-0.4, -0.2) is 50.9 Å². The van der Waals surface area contributed by atoms with Crippen molar-refractivity contribution in [3.8, 4) is 0 Å². The number of piperidine rings is 1. The lowest BCUT2D eigenvalue weighted by Gasteiger charge is -2.31. The van der Waals surface area contributed by atoms with Gasteiger partial charge in [-0.3, -0.25) is 4.99 Å². The molecule has 0 unspecified atom stereocenters. The molecule has 18 heavy (non-hydrogen) atoms. The SMILES string of the molecule is CC1CCN(C(N)=NCCCS(C)(=O)=O)CC1.I. The highest BCUT2D eigenvalue weighted by molar-refractivity contribution is 14.0. The van der Waals surface area contributed by atoms with E-state index < -0.39 is 9.84 Å². The minimum atomic E-state index is -2.88. The molecule has 0 atom stereocenters. The molecule has 5 nitrogen and oxygen atoms in total. The Balaban J connectivity index is 0.00000289. The van der Waals surface area contributed by atoms with E-state index in [2.05, 4.69) is 16.8 Å². The molecule has 1 aliphatic rings. The molecule has 0 spiro atoms. The topological polar surface area (TPSA) is 75.8 Å². The van der Waals surface area contributed by atoms with Crippen molar-refractivity contribution in [3.63, 3.8) is 0 Å². The third-order valence-electron chi connectivity index (χ3n) is 3.05. The molecule has 0 bridgehead atoms. The Morgan fingerprint density at radius 3 is 2.44 bits per heavy atom. The summed E-state index contributed by atoms with van der Waals surface area (Å²) < 4.78 is 21.8. The van der Waals surface area contributed by atoms with E-state index in [0.717, 1.165) is 31.8 Å². The average Bonchev–Trinajstić information content (AvgIpc) is 2.24. The molecule has 1 aliphatic heterocycles. The van der Waals surface area contributed by atoms with Crippen LogP contribution in [0.15, 0.2) is 4.99 Å². The maximum absolute atomic E-state index is 10.9. The third kappa shape index (κ3) is 7.40. The Morgan fingerprint density at radius 1 is 1.39 bits per heavy atom.